The molecule has 0 bridgehead atoms. The molecule has 0 aliphatic rings. The lowest BCUT2D eigenvalue weighted by atomic mass is 10.3. The molecule has 1 heterocycles. The van der Waals surface area contributed by atoms with Gasteiger partial charge in [0.15, 0.2) is 0 Å². The predicted octanol–water partition coefficient (Wildman–Crippen LogP) is 0.670. The summed E-state index contributed by atoms with van der Waals surface area (Å²) in [4.78, 5) is 7.17. The molecule has 0 unspecified atom stereocenters. The molecular formula is C10H16N3S2+. The number of hydrogen-bond donors (Lipinski definition) is 2. The molecule has 1 aromatic rings. The van der Waals surface area contributed by atoms with Crippen LogP contribution < -0.4 is 10.7 Å². The average molecular weight is 242 g/mol. The molecule has 0 spiro atoms. The first-order valence-electron chi connectivity index (χ1n) is 4.82. The number of amidine groups is 1. The first kappa shape index (κ1) is 12.4. The minimum Gasteiger partial charge on any atom is -0.291 e. The molecule has 15 heavy (non-hydrogen) atoms. The zero-order valence-electron chi connectivity index (χ0n) is 8.77. The molecule has 0 aliphatic heterocycles. The Morgan fingerprint density at radius 3 is 3.07 bits per heavy atom. The van der Waals surface area contributed by atoms with Crippen LogP contribution in [0.3, 0.4) is 0 Å². The summed E-state index contributed by atoms with van der Waals surface area (Å²) in [6.07, 6.45) is 3.85. The number of rotatable bonds is 6. The first-order valence-corrected chi connectivity index (χ1v) is 7.14. The zero-order valence-corrected chi connectivity index (χ0v) is 10.4. The molecule has 82 valence electrons. The largest absolute Gasteiger partial charge is 0.291 e. The fourth-order valence-corrected chi connectivity index (χ4v) is 2.91. The molecule has 3 nitrogen and oxygen atoms in total. The molecule has 0 radical (unpaired) electrons. The number of nitrogens with one attached hydrogen (secondary N) is 1. The van der Waals surface area contributed by atoms with Gasteiger partial charge in [0.2, 0.25) is 5.84 Å². The number of nitrogens with zero attached hydrogens (tertiary/aromatic N) is 1. The summed E-state index contributed by atoms with van der Waals surface area (Å²) >= 11 is 0. The van der Waals surface area contributed by atoms with Crippen molar-refractivity contribution >= 4 is 27.4 Å². The van der Waals surface area contributed by atoms with Gasteiger partial charge in [-0.15, -0.1) is 0 Å². The van der Waals surface area contributed by atoms with Gasteiger partial charge in [0.05, 0.1) is 7.05 Å². The van der Waals surface area contributed by atoms with Crippen LogP contribution in [-0.4, -0.2) is 23.6 Å². The third-order valence-electron chi connectivity index (χ3n) is 1.78. The molecular weight excluding hydrogens is 226 g/mol. The van der Waals surface area contributed by atoms with E-state index in [0.717, 1.165) is 29.5 Å². The number of pyridine rings is 1. The van der Waals surface area contributed by atoms with E-state index in [9.17, 15) is 0 Å². The first-order chi connectivity index (χ1) is 7.33. The Bertz CT molecular complexity index is 301. The summed E-state index contributed by atoms with van der Waals surface area (Å²) in [7, 11) is 5.38. The molecule has 0 aromatic carbocycles. The molecule has 5 heteroatoms. The summed E-state index contributed by atoms with van der Waals surface area (Å²) in [5.41, 5.74) is 5.64. The fourth-order valence-electron chi connectivity index (χ4n) is 0.945. The molecule has 0 aliphatic carbocycles. The lowest BCUT2D eigenvalue weighted by Crippen LogP contribution is -2.70. The highest BCUT2D eigenvalue weighted by Gasteiger charge is 1.98. The van der Waals surface area contributed by atoms with Gasteiger partial charge in [-0.05, 0) is 29.3 Å². The maximum absolute atomic E-state index is 5.64. The van der Waals surface area contributed by atoms with Gasteiger partial charge in [-0.25, -0.2) is 4.98 Å². The van der Waals surface area contributed by atoms with E-state index in [1.165, 1.54) is 0 Å². The second-order valence-electron chi connectivity index (χ2n) is 2.95. The van der Waals surface area contributed by atoms with E-state index in [1.54, 1.807) is 10.8 Å². The predicted molar refractivity (Wildman–Crippen MR) is 67.9 cm³/mol. The number of hydrogen-bond acceptors (Lipinski definition) is 3. The topological polar surface area (TPSA) is 52.9 Å². The number of aromatic nitrogens is 1. The second kappa shape index (κ2) is 7.59. The molecule has 1 rings (SSSR count). The summed E-state index contributed by atoms with van der Waals surface area (Å²) in [5, 5.41) is 1.06. The van der Waals surface area contributed by atoms with Crippen LogP contribution in [0.4, 0.5) is 0 Å². The van der Waals surface area contributed by atoms with Crippen LogP contribution in [0, 0.1) is 0 Å². The van der Waals surface area contributed by atoms with Gasteiger partial charge < -0.3 is 0 Å². The maximum Gasteiger partial charge on any atom is 0.240 e. The lowest BCUT2D eigenvalue weighted by molar-refractivity contribution is -0.422. The minimum absolute atomic E-state index is 0.860. The van der Waals surface area contributed by atoms with Crippen molar-refractivity contribution in [3.63, 3.8) is 0 Å². The van der Waals surface area contributed by atoms with Crippen molar-refractivity contribution in [2.45, 2.75) is 17.9 Å². The van der Waals surface area contributed by atoms with E-state index in [2.05, 4.69) is 9.98 Å². The Morgan fingerprint density at radius 2 is 2.40 bits per heavy atom. The Labute approximate surface area is 98.4 Å². The van der Waals surface area contributed by atoms with Crippen LogP contribution in [0.25, 0.3) is 0 Å². The maximum atomic E-state index is 5.64. The summed E-state index contributed by atoms with van der Waals surface area (Å²) < 4.78 is 0. The van der Waals surface area contributed by atoms with Gasteiger partial charge in [0.25, 0.3) is 0 Å². The van der Waals surface area contributed by atoms with Gasteiger partial charge >= 0.3 is 0 Å². The fraction of sp³-hybridized carbons (Fsp3) is 0.400. The van der Waals surface area contributed by atoms with Crippen molar-refractivity contribution in [3.8, 4) is 0 Å². The van der Waals surface area contributed by atoms with Crippen molar-refractivity contribution < 1.29 is 4.99 Å². The van der Waals surface area contributed by atoms with Crippen LogP contribution in [0.15, 0.2) is 29.4 Å². The lowest BCUT2D eigenvalue weighted by Gasteiger charge is -1.98. The van der Waals surface area contributed by atoms with Gasteiger partial charge in [-0.1, -0.05) is 16.9 Å². The quantitative estimate of drug-likeness (QED) is 0.333. The van der Waals surface area contributed by atoms with Crippen LogP contribution in [0.1, 0.15) is 12.8 Å². The molecule has 3 N–H and O–H groups in total. The SMILES string of the molecule is C[NH+]=C(N)CCCSSc1ccccn1. The zero-order chi connectivity index (χ0) is 10.9. The van der Waals surface area contributed by atoms with Crippen molar-refractivity contribution in [2.24, 2.45) is 5.73 Å². The van der Waals surface area contributed by atoms with Crippen LogP contribution in [0.5, 0.6) is 0 Å². The average Bonchev–Trinajstić information content (AvgIpc) is 2.29. The van der Waals surface area contributed by atoms with E-state index in [4.69, 9.17) is 5.73 Å². The van der Waals surface area contributed by atoms with Crippen molar-refractivity contribution in [1.82, 2.24) is 4.98 Å². The van der Waals surface area contributed by atoms with Gasteiger partial charge in [0, 0.05) is 18.4 Å². The van der Waals surface area contributed by atoms with Crippen molar-refractivity contribution in [1.29, 1.82) is 0 Å². The minimum atomic E-state index is 0.860. The third-order valence-corrected chi connectivity index (χ3v) is 4.13. The van der Waals surface area contributed by atoms with E-state index in [1.807, 2.05) is 42.2 Å². The van der Waals surface area contributed by atoms with Gasteiger partial charge in [-0.3, -0.25) is 10.7 Å². The molecule has 1 aromatic heterocycles. The van der Waals surface area contributed by atoms with Crippen molar-refractivity contribution in [2.75, 3.05) is 12.8 Å². The van der Waals surface area contributed by atoms with Gasteiger partial charge in [-0.2, -0.15) is 0 Å². The Balaban J connectivity index is 2.08. The van der Waals surface area contributed by atoms with Crippen LogP contribution >= 0.6 is 21.6 Å². The molecule has 0 atom stereocenters. The molecule has 0 saturated heterocycles. The van der Waals surface area contributed by atoms with Gasteiger partial charge in [0.1, 0.15) is 5.03 Å². The standard InChI is InChI=1S/C10H15N3S2/c1-12-9(11)5-4-8-14-15-10-6-2-3-7-13-10/h2-3,6-7H,4-5,8H2,1H3,(H2,11,12)/p+1. The molecule has 0 fully saturated rings. The normalized spacial score (nSPS) is 11.7. The van der Waals surface area contributed by atoms with Crippen molar-refractivity contribution in [3.05, 3.63) is 24.4 Å². The third kappa shape index (κ3) is 5.69. The highest BCUT2D eigenvalue weighted by Crippen LogP contribution is 2.29. The molecule has 0 amide bonds. The Hall–Kier alpha value is -0.680. The van der Waals surface area contributed by atoms with E-state index in [-0.39, 0.29) is 0 Å². The number of nitrogens with two attached hydrogens (primary N) is 1. The monoisotopic (exact) mass is 242 g/mol. The second-order valence-corrected chi connectivity index (χ2v) is 5.39. The summed E-state index contributed by atoms with van der Waals surface area (Å²) in [6.45, 7) is 0. The highest BCUT2D eigenvalue weighted by atomic mass is 33.1. The van der Waals surface area contributed by atoms with E-state index in [0.29, 0.717) is 0 Å². The van der Waals surface area contributed by atoms with Crippen LogP contribution in [0.2, 0.25) is 0 Å². The van der Waals surface area contributed by atoms with E-state index >= 15 is 0 Å². The Kier molecular flexibility index (Phi) is 6.27. The van der Waals surface area contributed by atoms with E-state index < -0.39 is 0 Å². The van der Waals surface area contributed by atoms with Crippen LogP contribution in [-0.2, 0) is 0 Å². The Morgan fingerprint density at radius 1 is 1.53 bits per heavy atom. The summed E-state index contributed by atoms with van der Waals surface area (Å²) in [5.74, 6) is 1.95. The molecule has 0 saturated carbocycles. The smallest absolute Gasteiger partial charge is 0.240 e. The summed E-state index contributed by atoms with van der Waals surface area (Å²) in [6, 6.07) is 5.95. The highest BCUT2D eigenvalue weighted by molar-refractivity contribution is 8.76.